The van der Waals surface area contributed by atoms with Gasteiger partial charge in [0.2, 0.25) is 6.41 Å². The Kier molecular flexibility index (Phi) is 6.70. The number of carbonyl (C=O) groups excluding carboxylic acids is 1. The van der Waals surface area contributed by atoms with Crippen LogP contribution in [0.2, 0.25) is 10.0 Å². The van der Waals surface area contributed by atoms with Gasteiger partial charge in [0.25, 0.3) is 0 Å². The quantitative estimate of drug-likeness (QED) is 0.354. The molecule has 1 saturated heterocycles. The molecule has 0 radical (unpaired) electrons. The van der Waals surface area contributed by atoms with Crippen molar-refractivity contribution in [3.63, 3.8) is 0 Å². The van der Waals surface area contributed by atoms with Gasteiger partial charge in [-0.15, -0.1) is 0 Å². The van der Waals surface area contributed by atoms with E-state index in [0.29, 0.717) is 29.1 Å². The first-order valence-corrected chi connectivity index (χ1v) is 10.1. The fraction of sp³-hybridized carbons (Fsp3) is 0.389. The molecule has 1 unspecified atom stereocenters. The van der Waals surface area contributed by atoms with Crippen LogP contribution in [0.15, 0.2) is 30.3 Å². The minimum Gasteiger partial charge on any atom is -0.345 e. The molecule has 2 heterocycles. The normalized spacial score (nSPS) is 16.9. The van der Waals surface area contributed by atoms with Gasteiger partial charge in [0, 0.05) is 43.7 Å². The van der Waals surface area contributed by atoms with Crippen LogP contribution in [0.25, 0.3) is 0 Å². The lowest BCUT2D eigenvalue weighted by Crippen LogP contribution is -2.30. The summed E-state index contributed by atoms with van der Waals surface area (Å²) in [6, 6.07) is 8.90. The first kappa shape index (κ1) is 20.1. The third-order valence-electron chi connectivity index (χ3n) is 4.58. The van der Waals surface area contributed by atoms with Gasteiger partial charge in [-0.1, -0.05) is 40.6 Å². The Bertz CT molecular complexity index is 830. The van der Waals surface area contributed by atoms with Crippen LogP contribution < -0.4 is 0 Å². The lowest BCUT2D eigenvalue weighted by atomic mass is 10.1. The lowest BCUT2D eigenvalue weighted by molar-refractivity contribution is -0.380. The predicted molar refractivity (Wildman–Crippen MR) is 107 cm³/mol. The number of hydrogen-bond donors (Lipinski definition) is 0. The highest BCUT2D eigenvalue weighted by Crippen LogP contribution is 2.28. The second-order valence-corrected chi connectivity index (χ2v) is 8.63. The van der Waals surface area contributed by atoms with E-state index in [-0.39, 0.29) is 9.92 Å². The van der Waals surface area contributed by atoms with Gasteiger partial charge in [0.05, 0.1) is 15.0 Å². The zero-order chi connectivity index (χ0) is 19.4. The van der Waals surface area contributed by atoms with Gasteiger partial charge in [0.15, 0.2) is 0 Å². The van der Waals surface area contributed by atoms with Crippen LogP contribution in [0.4, 0.5) is 5.00 Å². The van der Waals surface area contributed by atoms with Gasteiger partial charge < -0.3 is 4.90 Å². The molecule has 0 spiro atoms. The third-order valence-corrected chi connectivity index (χ3v) is 6.34. The molecule has 27 heavy (non-hydrogen) atoms. The highest BCUT2D eigenvalue weighted by molar-refractivity contribution is 7.15. The van der Waals surface area contributed by atoms with E-state index in [1.165, 1.54) is 11.3 Å². The highest BCUT2D eigenvalue weighted by Gasteiger charge is 2.24. The monoisotopic (exact) mass is 427 g/mol. The van der Waals surface area contributed by atoms with Gasteiger partial charge in [-0.2, -0.15) is 0 Å². The molecule has 144 valence electrons. The molecule has 0 aliphatic carbocycles. The summed E-state index contributed by atoms with van der Waals surface area (Å²) >= 11 is 13.3. The van der Waals surface area contributed by atoms with E-state index in [1.54, 1.807) is 23.1 Å². The Labute approximate surface area is 171 Å². The molecule has 1 amide bonds. The summed E-state index contributed by atoms with van der Waals surface area (Å²) in [6.45, 7) is 3.58. The molecule has 1 aliphatic rings. The first-order chi connectivity index (χ1) is 12.9. The second kappa shape index (κ2) is 9.01. The molecule has 1 aromatic carbocycles. The predicted octanol–water partition coefficient (Wildman–Crippen LogP) is 4.44. The molecule has 0 saturated carbocycles. The molecular weight excluding hydrogens is 409 g/mol. The van der Waals surface area contributed by atoms with E-state index >= 15 is 0 Å². The summed E-state index contributed by atoms with van der Waals surface area (Å²) < 4.78 is 0. The van der Waals surface area contributed by atoms with Crippen molar-refractivity contribution in [1.29, 1.82) is 0 Å². The van der Waals surface area contributed by atoms with Crippen LogP contribution in [-0.4, -0.2) is 40.8 Å². The first-order valence-electron chi connectivity index (χ1n) is 8.53. The van der Waals surface area contributed by atoms with Crippen molar-refractivity contribution < 1.29 is 9.72 Å². The van der Waals surface area contributed by atoms with Gasteiger partial charge in [0.1, 0.15) is 0 Å². The molecule has 1 aliphatic heterocycles. The van der Waals surface area contributed by atoms with E-state index in [2.05, 4.69) is 4.90 Å². The molecule has 2 aromatic rings. The van der Waals surface area contributed by atoms with Crippen molar-refractivity contribution in [2.75, 3.05) is 19.6 Å². The number of hydrogen-bond acceptors (Lipinski definition) is 5. The lowest BCUT2D eigenvalue weighted by Gasteiger charge is -2.25. The Morgan fingerprint density at radius 1 is 1.26 bits per heavy atom. The number of benzene rings is 1. The molecule has 1 fully saturated rings. The molecule has 0 bridgehead atoms. The van der Waals surface area contributed by atoms with Crippen LogP contribution in [0.3, 0.4) is 0 Å². The Balaban J connectivity index is 1.73. The third kappa shape index (κ3) is 5.42. The van der Waals surface area contributed by atoms with Gasteiger partial charge in [-0.05, 0) is 36.1 Å². The average Bonchev–Trinajstić information content (AvgIpc) is 3.27. The SMILES string of the molecule is O=CN1CCC(CN(Cc2ccc(Cl)c(Cl)c2)Cc2ccc([N+](=O)[O-])s2)C1. The molecule has 1 aromatic heterocycles. The van der Waals surface area contributed by atoms with E-state index in [9.17, 15) is 14.9 Å². The van der Waals surface area contributed by atoms with Gasteiger partial charge >= 0.3 is 5.00 Å². The molecule has 9 heteroatoms. The minimum absolute atomic E-state index is 0.146. The number of nitro groups is 1. The van der Waals surface area contributed by atoms with Crippen LogP contribution >= 0.6 is 34.5 Å². The number of likely N-dealkylation sites (tertiary alicyclic amines) is 1. The summed E-state index contributed by atoms with van der Waals surface area (Å²) in [5.74, 6) is 0.382. The summed E-state index contributed by atoms with van der Waals surface area (Å²) in [7, 11) is 0. The Hall–Kier alpha value is -1.67. The number of rotatable bonds is 8. The zero-order valence-electron chi connectivity index (χ0n) is 14.5. The maximum atomic E-state index is 11.0. The van der Waals surface area contributed by atoms with Crippen LogP contribution in [0.1, 0.15) is 16.9 Å². The van der Waals surface area contributed by atoms with Gasteiger partial charge in [-0.3, -0.25) is 19.8 Å². The van der Waals surface area contributed by atoms with Gasteiger partial charge in [-0.25, -0.2) is 0 Å². The molecule has 0 N–H and O–H groups in total. The fourth-order valence-electron chi connectivity index (χ4n) is 3.32. The zero-order valence-corrected chi connectivity index (χ0v) is 16.8. The highest BCUT2D eigenvalue weighted by atomic mass is 35.5. The van der Waals surface area contributed by atoms with Crippen molar-refractivity contribution in [1.82, 2.24) is 9.80 Å². The van der Waals surface area contributed by atoms with E-state index in [4.69, 9.17) is 23.2 Å². The van der Waals surface area contributed by atoms with Crippen LogP contribution in [-0.2, 0) is 17.9 Å². The van der Waals surface area contributed by atoms with E-state index in [1.807, 2.05) is 12.1 Å². The molecule has 6 nitrogen and oxygen atoms in total. The number of carbonyl (C=O) groups is 1. The standard InChI is InChI=1S/C18H19Cl2N3O3S/c19-16-3-1-13(7-17(16)20)8-22(10-14-5-6-21(9-14)12-24)11-15-2-4-18(27-15)23(25)26/h1-4,7,12,14H,5-6,8-11H2. The largest absolute Gasteiger partial charge is 0.345 e. The molecule has 3 rings (SSSR count). The second-order valence-electron chi connectivity index (χ2n) is 6.67. The number of thiophene rings is 1. The van der Waals surface area contributed by atoms with E-state index < -0.39 is 0 Å². The van der Waals surface area contributed by atoms with Crippen molar-refractivity contribution in [2.24, 2.45) is 5.92 Å². The van der Waals surface area contributed by atoms with E-state index in [0.717, 1.165) is 42.9 Å². The summed E-state index contributed by atoms with van der Waals surface area (Å²) in [6.07, 6.45) is 1.85. The van der Waals surface area contributed by atoms with Crippen LogP contribution in [0, 0.1) is 16.0 Å². The maximum Gasteiger partial charge on any atom is 0.324 e. The number of nitrogens with zero attached hydrogens (tertiary/aromatic N) is 3. The maximum absolute atomic E-state index is 11.0. The summed E-state index contributed by atoms with van der Waals surface area (Å²) in [4.78, 5) is 26.5. The average molecular weight is 428 g/mol. The van der Waals surface area contributed by atoms with Crippen molar-refractivity contribution in [3.8, 4) is 0 Å². The minimum atomic E-state index is -0.365. The van der Waals surface area contributed by atoms with Crippen molar-refractivity contribution in [2.45, 2.75) is 19.5 Å². The Morgan fingerprint density at radius 3 is 2.70 bits per heavy atom. The van der Waals surface area contributed by atoms with Crippen LogP contribution in [0.5, 0.6) is 0 Å². The summed E-state index contributed by atoms with van der Waals surface area (Å²) in [5.41, 5.74) is 1.03. The fourth-order valence-corrected chi connectivity index (χ4v) is 4.51. The number of halogens is 2. The summed E-state index contributed by atoms with van der Waals surface area (Å²) in [5, 5.41) is 12.1. The van der Waals surface area contributed by atoms with Crippen molar-refractivity contribution in [3.05, 3.63) is 60.9 Å². The molecular formula is C18H19Cl2N3O3S. The van der Waals surface area contributed by atoms with Crippen molar-refractivity contribution >= 4 is 45.9 Å². The smallest absolute Gasteiger partial charge is 0.324 e. The number of amides is 1. The Morgan fingerprint density at radius 2 is 2.07 bits per heavy atom. The molecule has 1 atom stereocenters. The topological polar surface area (TPSA) is 66.7 Å².